The highest BCUT2D eigenvalue weighted by molar-refractivity contribution is 9.10. The molecule has 4 nitrogen and oxygen atoms in total. The summed E-state index contributed by atoms with van der Waals surface area (Å²) in [5, 5.41) is 8.98. The fraction of sp³-hybridized carbons (Fsp3) is 0.118. The monoisotopic (exact) mass is 438 g/mol. The maximum Gasteiger partial charge on any atom is 0.159 e. The number of benzene rings is 2. The molecule has 1 aliphatic heterocycles. The van der Waals surface area contributed by atoms with E-state index >= 15 is 0 Å². The van der Waals surface area contributed by atoms with Crippen LogP contribution in [-0.2, 0) is 6.54 Å². The fourth-order valence-corrected chi connectivity index (χ4v) is 3.76. The van der Waals surface area contributed by atoms with Gasteiger partial charge in [0.1, 0.15) is 18.2 Å². The van der Waals surface area contributed by atoms with Gasteiger partial charge in [-0.25, -0.2) is 4.39 Å². The first kappa shape index (κ1) is 16.7. The first-order valence-corrected chi connectivity index (χ1v) is 8.92. The van der Waals surface area contributed by atoms with E-state index in [0.717, 1.165) is 5.69 Å². The highest BCUT2D eigenvalue weighted by Crippen LogP contribution is 2.37. The number of aryl methyl sites for hydroxylation is 1. The number of halogens is 4. The second-order valence-corrected chi connectivity index (χ2v) is 7.16. The van der Waals surface area contributed by atoms with E-state index in [1.165, 1.54) is 6.07 Å². The molecule has 2 heterocycles. The molecule has 3 aromatic rings. The maximum atomic E-state index is 14.6. The Balaban J connectivity index is 2.10. The van der Waals surface area contributed by atoms with Crippen LogP contribution in [0.2, 0.25) is 10.0 Å². The summed E-state index contributed by atoms with van der Waals surface area (Å²) in [6.07, 6.45) is 0. The normalized spacial score (nSPS) is 13.1. The summed E-state index contributed by atoms with van der Waals surface area (Å²) in [4.78, 5) is 4.58. The lowest BCUT2D eigenvalue weighted by Gasteiger charge is -2.16. The lowest BCUT2D eigenvalue weighted by molar-refractivity contribution is 0.625. The molecular formula is C17H10BrCl2FN4. The molecule has 2 aromatic carbocycles. The van der Waals surface area contributed by atoms with Crippen LogP contribution >= 0.6 is 39.1 Å². The van der Waals surface area contributed by atoms with Gasteiger partial charge in [-0.05, 0) is 47.1 Å². The molecule has 8 heteroatoms. The molecule has 0 fully saturated rings. The molecule has 0 radical (unpaired) electrons. The van der Waals surface area contributed by atoms with Gasteiger partial charge in [0.25, 0.3) is 0 Å². The van der Waals surface area contributed by atoms with Gasteiger partial charge in [-0.1, -0.05) is 29.3 Å². The second kappa shape index (κ2) is 6.20. The lowest BCUT2D eigenvalue weighted by Crippen LogP contribution is -2.11. The number of fused-ring (bicyclic) bond motifs is 3. The van der Waals surface area contributed by atoms with E-state index in [1.807, 2.05) is 23.6 Å². The molecule has 0 amide bonds. The van der Waals surface area contributed by atoms with Gasteiger partial charge in [0.05, 0.1) is 27.0 Å². The summed E-state index contributed by atoms with van der Waals surface area (Å²) in [7, 11) is 0. The van der Waals surface area contributed by atoms with Crippen molar-refractivity contribution in [2.75, 3.05) is 0 Å². The SMILES string of the molecule is Cc1nnc2n1-c1ccc(Br)c(Cl)c1C(c1c(F)cccc1Cl)=NC2. The van der Waals surface area contributed by atoms with Crippen LogP contribution in [0.1, 0.15) is 22.8 Å². The van der Waals surface area contributed by atoms with Crippen LogP contribution < -0.4 is 0 Å². The van der Waals surface area contributed by atoms with Crippen molar-refractivity contribution in [3.63, 3.8) is 0 Å². The van der Waals surface area contributed by atoms with Crippen LogP contribution in [0.4, 0.5) is 4.39 Å². The summed E-state index contributed by atoms with van der Waals surface area (Å²) in [5.74, 6) is 0.896. The molecule has 0 saturated carbocycles. The van der Waals surface area contributed by atoms with E-state index in [4.69, 9.17) is 23.2 Å². The van der Waals surface area contributed by atoms with Crippen molar-refractivity contribution < 1.29 is 4.39 Å². The molecule has 25 heavy (non-hydrogen) atoms. The van der Waals surface area contributed by atoms with Gasteiger partial charge >= 0.3 is 0 Å². The maximum absolute atomic E-state index is 14.6. The number of aromatic nitrogens is 3. The Morgan fingerprint density at radius 1 is 1.12 bits per heavy atom. The molecular weight excluding hydrogens is 430 g/mol. The number of nitrogens with zero attached hydrogens (tertiary/aromatic N) is 4. The minimum Gasteiger partial charge on any atom is -0.281 e. The van der Waals surface area contributed by atoms with Crippen molar-refractivity contribution in [2.45, 2.75) is 13.5 Å². The van der Waals surface area contributed by atoms with Gasteiger partial charge < -0.3 is 0 Å². The molecule has 0 saturated heterocycles. The Hall–Kier alpha value is -1.76. The molecule has 0 atom stereocenters. The molecule has 1 aliphatic rings. The van der Waals surface area contributed by atoms with E-state index in [2.05, 4.69) is 31.1 Å². The van der Waals surface area contributed by atoms with Crippen LogP contribution in [0.5, 0.6) is 0 Å². The fourth-order valence-electron chi connectivity index (χ4n) is 2.93. The molecule has 0 bridgehead atoms. The third-order valence-corrected chi connectivity index (χ3v) is 5.62. The predicted molar refractivity (Wildman–Crippen MR) is 99.6 cm³/mol. The van der Waals surface area contributed by atoms with E-state index < -0.39 is 5.82 Å². The number of rotatable bonds is 1. The van der Waals surface area contributed by atoms with Crippen molar-refractivity contribution in [1.29, 1.82) is 0 Å². The standard InChI is InChI=1S/C17H10BrCl2FN4/c1-8-23-24-13-7-22-17(14-10(19)3-2-4-11(14)21)15-12(25(8)13)6-5-9(18)16(15)20/h2-6H,7H2,1H3. The van der Waals surface area contributed by atoms with Gasteiger partial charge in [-0.15, -0.1) is 10.2 Å². The van der Waals surface area contributed by atoms with Gasteiger partial charge in [-0.3, -0.25) is 9.56 Å². The third kappa shape index (κ3) is 2.60. The Bertz CT molecular complexity index is 1030. The lowest BCUT2D eigenvalue weighted by atomic mass is 9.99. The number of aliphatic imine (C=N–C) groups is 1. The zero-order valence-corrected chi connectivity index (χ0v) is 16.0. The van der Waals surface area contributed by atoms with E-state index in [-0.39, 0.29) is 17.1 Å². The zero-order valence-electron chi connectivity index (χ0n) is 12.9. The number of hydrogen-bond donors (Lipinski definition) is 0. The van der Waals surface area contributed by atoms with Crippen molar-refractivity contribution >= 4 is 44.8 Å². The number of hydrogen-bond acceptors (Lipinski definition) is 3. The van der Waals surface area contributed by atoms with E-state index in [9.17, 15) is 4.39 Å². The van der Waals surface area contributed by atoms with Crippen LogP contribution in [0.3, 0.4) is 0 Å². The molecule has 126 valence electrons. The average Bonchev–Trinajstić information content (AvgIpc) is 2.85. The highest BCUT2D eigenvalue weighted by Gasteiger charge is 2.27. The Labute approximate surface area is 161 Å². The predicted octanol–water partition coefficient (Wildman–Crippen LogP) is 5.14. The van der Waals surface area contributed by atoms with Crippen LogP contribution in [0, 0.1) is 12.7 Å². The Morgan fingerprint density at radius 3 is 2.68 bits per heavy atom. The van der Waals surface area contributed by atoms with Crippen molar-refractivity contribution in [2.24, 2.45) is 4.99 Å². The van der Waals surface area contributed by atoms with Gasteiger partial charge in [0.15, 0.2) is 5.82 Å². The topological polar surface area (TPSA) is 43.1 Å². The van der Waals surface area contributed by atoms with Crippen molar-refractivity contribution in [3.05, 3.63) is 73.4 Å². The molecule has 0 spiro atoms. The zero-order chi connectivity index (χ0) is 17.7. The molecule has 0 aliphatic carbocycles. The van der Waals surface area contributed by atoms with Crippen molar-refractivity contribution in [3.8, 4) is 5.69 Å². The summed E-state index contributed by atoms with van der Waals surface area (Å²) < 4.78 is 17.1. The smallest absolute Gasteiger partial charge is 0.159 e. The van der Waals surface area contributed by atoms with E-state index in [0.29, 0.717) is 32.4 Å². The highest BCUT2D eigenvalue weighted by atomic mass is 79.9. The van der Waals surface area contributed by atoms with Crippen LogP contribution in [0.15, 0.2) is 39.8 Å². The average molecular weight is 440 g/mol. The largest absolute Gasteiger partial charge is 0.281 e. The van der Waals surface area contributed by atoms with Crippen molar-refractivity contribution in [1.82, 2.24) is 14.8 Å². The molecule has 1 aromatic heterocycles. The minimum atomic E-state index is -0.456. The first-order valence-electron chi connectivity index (χ1n) is 7.37. The molecule has 4 rings (SSSR count). The second-order valence-electron chi connectivity index (χ2n) is 5.52. The summed E-state index contributed by atoms with van der Waals surface area (Å²) in [5.41, 5.74) is 1.95. The van der Waals surface area contributed by atoms with Gasteiger partial charge in [0, 0.05) is 10.0 Å². The quantitative estimate of drug-likeness (QED) is 0.527. The molecule has 0 N–H and O–H groups in total. The first-order chi connectivity index (χ1) is 12.0. The van der Waals surface area contributed by atoms with Gasteiger partial charge in [0.2, 0.25) is 0 Å². The van der Waals surface area contributed by atoms with Crippen LogP contribution in [-0.4, -0.2) is 20.5 Å². The Morgan fingerprint density at radius 2 is 1.92 bits per heavy atom. The van der Waals surface area contributed by atoms with Gasteiger partial charge in [-0.2, -0.15) is 0 Å². The molecule has 0 unspecified atom stereocenters. The van der Waals surface area contributed by atoms with Crippen LogP contribution in [0.25, 0.3) is 5.69 Å². The summed E-state index contributed by atoms with van der Waals surface area (Å²) >= 11 is 16.3. The minimum absolute atomic E-state index is 0.224. The van der Waals surface area contributed by atoms with E-state index in [1.54, 1.807) is 12.1 Å². The Kier molecular flexibility index (Phi) is 4.14. The summed E-state index contributed by atoms with van der Waals surface area (Å²) in [6, 6.07) is 8.24. The third-order valence-electron chi connectivity index (χ3n) is 4.02. The summed E-state index contributed by atoms with van der Waals surface area (Å²) in [6.45, 7) is 2.08.